The molecule has 0 spiro atoms. The van der Waals surface area contributed by atoms with Crippen molar-refractivity contribution in [2.75, 3.05) is 47.5 Å². The van der Waals surface area contributed by atoms with E-state index in [2.05, 4.69) is 111 Å². The molecule has 0 aromatic rings. The summed E-state index contributed by atoms with van der Waals surface area (Å²) in [4.78, 5) is 38.0. The maximum atomic E-state index is 12.8. The van der Waals surface area contributed by atoms with Crippen molar-refractivity contribution in [1.29, 1.82) is 0 Å². The number of carbonyl (C=O) groups excluding carboxylic acids is 2. The number of unbranched alkanes of at least 4 members (excludes halogenated alkanes) is 30. The van der Waals surface area contributed by atoms with E-state index >= 15 is 0 Å². The van der Waals surface area contributed by atoms with Crippen molar-refractivity contribution in [2.45, 2.75) is 290 Å². The zero-order valence-electron chi connectivity index (χ0n) is 52.5. The van der Waals surface area contributed by atoms with Gasteiger partial charge in [0.05, 0.1) is 27.7 Å². The molecule has 10 heteroatoms. The summed E-state index contributed by atoms with van der Waals surface area (Å²) in [5.41, 5.74) is 0. The van der Waals surface area contributed by atoms with Crippen molar-refractivity contribution >= 4 is 19.8 Å². The van der Waals surface area contributed by atoms with E-state index in [9.17, 15) is 19.0 Å². The number of esters is 2. The quantitative estimate of drug-likeness (QED) is 0.0195. The van der Waals surface area contributed by atoms with Gasteiger partial charge in [-0.25, -0.2) is 0 Å². The molecule has 80 heavy (non-hydrogen) atoms. The van der Waals surface area contributed by atoms with Gasteiger partial charge in [-0.05, 0) is 77.0 Å². The van der Waals surface area contributed by atoms with Crippen LogP contribution in [0.1, 0.15) is 284 Å². The molecule has 2 unspecified atom stereocenters. The number of nitrogens with zero attached hydrogens (tertiary/aromatic N) is 1. The molecule has 0 heterocycles. The van der Waals surface area contributed by atoms with Gasteiger partial charge in [0.1, 0.15) is 19.8 Å². The minimum atomic E-state index is -4.64. The minimum Gasteiger partial charge on any atom is -0.756 e. The van der Waals surface area contributed by atoms with Gasteiger partial charge in [-0.1, -0.05) is 291 Å². The highest BCUT2D eigenvalue weighted by atomic mass is 31.2. The number of hydrogen-bond donors (Lipinski definition) is 0. The molecule has 2 atom stereocenters. The van der Waals surface area contributed by atoms with Crippen molar-refractivity contribution in [3.05, 3.63) is 97.2 Å². The third kappa shape index (κ3) is 64.1. The highest BCUT2D eigenvalue weighted by molar-refractivity contribution is 7.45. The van der Waals surface area contributed by atoms with E-state index in [1.165, 1.54) is 154 Å². The Morgan fingerprint density at radius 3 is 1.06 bits per heavy atom. The highest BCUT2D eigenvalue weighted by Gasteiger charge is 2.22. The van der Waals surface area contributed by atoms with Crippen LogP contribution in [0.25, 0.3) is 0 Å². The van der Waals surface area contributed by atoms with Crippen molar-refractivity contribution < 1.29 is 42.1 Å². The SMILES string of the molecule is CC/C=C\C/C=C\C/C=C\C/C=C\C/C=C\C/C=C\C/C=C\C/C=C\CCCCCCCCCCCCC(=O)OC(COC(=O)CCCCCCCCCCCCCCCCCCCCCCC)COP(=O)([O-])OCC[N+](C)(C)C. The molecule has 0 N–H and O–H groups in total. The summed E-state index contributed by atoms with van der Waals surface area (Å²) in [5.74, 6) is -0.831. The minimum absolute atomic E-state index is 0.0339. The Hall–Kier alpha value is -3.07. The van der Waals surface area contributed by atoms with E-state index in [-0.39, 0.29) is 32.0 Å². The van der Waals surface area contributed by atoms with Crippen LogP contribution in [0.5, 0.6) is 0 Å². The Bertz CT molecular complexity index is 1670. The van der Waals surface area contributed by atoms with E-state index in [1.807, 2.05) is 21.1 Å². The molecular weight excluding hydrogens is 1010 g/mol. The maximum absolute atomic E-state index is 12.8. The molecule has 0 bridgehead atoms. The molecule has 0 aliphatic heterocycles. The van der Waals surface area contributed by atoms with Crippen LogP contribution in [-0.4, -0.2) is 70.0 Å². The number of quaternary nitrogens is 1. The second-order valence-electron chi connectivity index (χ2n) is 23.1. The first-order chi connectivity index (χ1) is 39.0. The molecule has 0 aromatic heterocycles. The first-order valence-electron chi connectivity index (χ1n) is 32.9. The lowest BCUT2D eigenvalue weighted by Crippen LogP contribution is -2.37. The van der Waals surface area contributed by atoms with E-state index in [4.69, 9.17) is 18.5 Å². The Kier molecular flexibility index (Phi) is 58.2. The van der Waals surface area contributed by atoms with Crippen molar-refractivity contribution in [3.8, 4) is 0 Å². The summed E-state index contributed by atoms with van der Waals surface area (Å²) in [6.07, 6.45) is 83.2. The van der Waals surface area contributed by atoms with Gasteiger partial charge in [-0.3, -0.25) is 14.2 Å². The summed E-state index contributed by atoms with van der Waals surface area (Å²) in [7, 11) is 1.16. The van der Waals surface area contributed by atoms with E-state index in [0.717, 1.165) is 96.3 Å². The van der Waals surface area contributed by atoms with Gasteiger partial charge in [0.2, 0.25) is 0 Å². The maximum Gasteiger partial charge on any atom is 0.306 e. The zero-order chi connectivity index (χ0) is 58.4. The third-order valence-corrected chi connectivity index (χ3v) is 15.1. The lowest BCUT2D eigenvalue weighted by Gasteiger charge is -2.28. The number of allylic oxidation sites excluding steroid dienone is 16. The van der Waals surface area contributed by atoms with Crippen molar-refractivity contribution in [3.63, 3.8) is 0 Å². The standard InChI is InChI=1S/C70H124NO8P/c1-6-8-10-12-14-16-18-20-22-24-26-28-29-30-31-32-33-34-35-36-37-38-39-40-41-43-45-47-49-51-53-55-57-59-61-63-70(73)79-68(67-78-80(74,75)77-65-64-71(3,4)5)66-76-69(72)62-60-58-56-54-52-50-48-46-44-42-27-25-23-21-19-17-15-13-11-9-7-2/h8,10,14,16,20,22,26,28,30-31,33-34,36-37,39-40,68H,6-7,9,11-13,15,17-19,21,23-25,27,29,32,35,38,41-67H2,1-5H3/b10-8-,16-14-,22-20-,28-26-,31-30-,34-33-,37-36-,40-39-. The van der Waals surface area contributed by atoms with Crippen LogP contribution < -0.4 is 4.89 Å². The summed E-state index contributed by atoms with van der Waals surface area (Å²) < 4.78 is 34.3. The summed E-state index contributed by atoms with van der Waals surface area (Å²) >= 11 is 0. The second kappa shape index (κ2) is 60.5. The fourth-order valence-corrected chi connectivity index (χ4v) is 9.81. The molecular formula is C70H124NO8P. The normalized spacial score (nSPS) is 13.8. The number of rotatable bonds is 60. The van der Waals surface area contributed by atoms with Crippen LogP contribution in [-0.2, 0) is 32.7 Å². The number of carbonyl (C=O) groups is 2. The number of ether oxygens (including phenoxy) is 2. The Morgan fingerprint density at radius 2 is 0.713 bits per heavy atom. The van der Waals surface area contributed by atoms with Gasteiger partial charge in [-0.15, -0.1) is 0 Å². The number of phosphoric ester groups is 1. The van der Waals surface area contributed by atoms with E-state index in [0.29, 0.717) is 17.4 Å². The molecule has 462 valence electrons. The second-order valence-corrected chi connectivity index (χ2v) is 24.5. The fourth-order valence-electron chi connectivity index (χ4n) is 9.09. The first kappa shape index (κ1) is 76.9. The lowest BCUT2D eigenvalue weighted by molar-refractivity contribution is -0.870. The largest absolute Gasteiger partial charge is 0.756 e. The molecule has 0 aromatic carbocycles. The van der Waals surface area contributed by atoms with Crippen molar-refractivity contribution in [1.82, 2.24) is 0 Å². The first-order valence-corrected chi connectivity index (χ1v) is 34.4. The van der Waals surface area contributed by atoms with Crippen LogP contribution in [0, 0.1) is 0 Å². The molecule has 0 saturated carbocycles. The average Bonchev–Trinajstić information content (AvgIpc) is 3.42. The fraction of sp³-hybridized carbons (Fsp3) is 0.743. The summed E-state index contributed by atoms with van der Waals surface area (Å²) in [5, 5.41) is 0. The van der Waals surface area contributed by atoms with Gasteiger partial charge < -0.3 is 27.9 Å². The van der Waals surface area contributed by atoms with Gasteiger partial charge in [0, 0.05) is 12.8 Å². The summed E-state index contributed by atoms with van der Waals surface area (Å²) in [6.45, 7) is 4.15. The van der Waals surface area contributed by atoms with Gasteiger partial charge in [0.25, 0.3) is 7.82 Å². The lowest BCUT2D eigenvalue weighted by atomic mass is 10.0. The smallest absolute Gasteiger partial charge is 0.306 e. The van der Waals surface area contributed by atoms with E-state index in [1.54, 1.807) is 0 Å². The number of hydrogen-bond acceptors (Lipinski definition) is 8. The molecule has 0 amide bonds. The number of likely N-dealkylation sites (N-methyl/N-ethyl adjacent to an activating group) is 1. The Labute approximate surface area is 493 Å². The molecule has 0 radical (unpaired) electrons. The topological polar surface area (TPSA) is 111 Å². The monoisotopic (exact) mass is 1140 g/mol. The van der Waals surface area contributed by atoms with Crippen LogP contribution >= 0.6 is 7.82 Å². The van der Waals surface area contributed by atoms with Crippen LogP contribution in [0.4, 0.5) is 0 Å². The van der Waals surface area contributed by atoms with Crippen LogP contribution in [0.3, 0.4) is 0 Å². The summed E-state index contributed by atoms with van der Waals surface area (Å²) in [6, 6.07) is 0. The molecule has 0 rings (SSSR count). The molecule has 0 aliphatic rings. The average molecular weight is 1140 g/mol. The Balaban J connectivity index is 4.10. The Morgan fingerprint density at radius 1 is 0.400 bits per heavy atom. The zero-order valence-corrected chi connectivity index (χ0v) is 53.4. The third-order valence-electron chi connectivity index (χ3n) is 14.1. The van der Waals surface area contributed by atoms with Gasteiger partial charge in [-0.2, -0.15) is 0 Å². The molecule has 0 saturated heterocycles. The molecule has 9 nitrogen and oxygen atoms in total. The predicted octanol–water partition coefficient (Wildman–Crippen LogP) is 20.5. The number of phosphoric acid groups is 1. The van der Waals surface area contributed by atoms with Crippen LogP contribution in [0.2, 0.25) is 0 Å². The van der Waals surface area contributed by atoms with Gasteiger partial charge >= 0.3 is 11.9 Å². The van der Waals surface area contributed by atoms with E-state index < -0.39 is 26.5 Å². The highest BCUT2D eigenvalue weighted by Crippen LogP contribution is 2.38. The predicted molar refractivity (Wildman–Crippen MR) is 342 cm³/mol. The molecule has 0 aliphatic carbocycles. The van der Waals surface area contributed by atoms with Crippen molar-refractivity contribution in [2.24, 2.45) is 0 Å². The van der Waals surface area contributed by atoms with Crippen LogP contribution in [0.15, 0.2) is 97.2 Å². The molecule has 0 fully saturated rings. The van der Waals surface area contributed by atoms with Gasteiger partial charge in [0.15, 0.2) is 6.10 Å².